The van der Waals surface area contributed by atoms with Gasteiger partial charge >= 0.3 is 0 Å². The summed E-state index contributed by atoms with van der Waals surface area (Å²) < 4.78 is 3.84. The van der Waals surface area contributed by atoms with E-state index < -0.39 is 0 Å². The van der Waals surface area contributed by atoms with Crippen molar-refractivity contribution in [1.82, 2.24) is 24.6 Å². The van der Waals surface area contributed by atoms with E-state index in [9.17, 15) is 4.79 Å². The fourth-order valence-electron chi connectivity index (χ4n) is 3.09. The molecule has 0 spiro atoms. The molecule has 27 heavy (non-hydrogen) atoms. The molecule has 0 unspecified atom stereocenters. The van der Waals surface area contributed by atoms with Gasteiger partial charge in [-0.05, 0) is 36.2 Å². The highest BCUT2D eigenvalue weighted by Crippen LogP contribution is 2.14. The van der Waals surface area contributed by atoms with Crippen molar-refractivity contribution in [3.8, 4) is 5.69 Å². The van der Waals surface area contributed by atoms with E-state index >= 15 is 0 Å². The number of aromatic nitrogens is 4. The van der Waals surface area contributed by atoms with Gasteiger partial charge in [0.25, 0.3) is 0 Å². The van der Waals surface area contributed by atoms with Crippen LogP contribution in [0.4, 0.5) is 0 Å². The van der Waals surface area contributed by atoms with Gasteiger partial charge in [-0.15, -0.1) is 0 Å². The lowest BCUT2D eigenvalue weighted by atomic mass is 10.2. The van der Waals surface area contributed by atoms with E-state index in [0.717, 1.165) is 28.1 Å². The first-order chi connectivity index (χ1) is 13.2. The van der Waals surface area contributed by atoms with Crippen molar-refractivity contribution >= 4 is 16.9 Å². The van der Waals surface area contributed by atoms with Gasteiger partial charge in [0.1, 0.15) is 5.82 Å². The van der Waals surface area contributed by atoms with Gasteiger partial charge < -0.3 is 9.88 Å². The van der Waals surface area contributed by atoms with Crippen molar-refractivity contribution in [2.75, 3.05) is 0 Å². The molecule has 0 aliphatic carbocycles. The molecule has 1 amide bonds. The summed E-state index contributed by atoms with van der Waals surface area (Å²) in [6.07, 6.45) is 4.85. The average Bonchev–Trinajstić information content (AvgIpc) is 3.31. The van der Waals surface area contributed by atoms with Crippen molar-refractivity contribution in [3.63, 3.8) is 0 Å². The zero-order valence-corrected chi connectivity index (χ0v) is 15.2. The summed E-state index contributed by atoms with van der Waals surface area (Å²) in [5, 5.41) is 7.33. The summed E-state index contributed by atoms with van der Waals surface area (Å²) >= 11 is 0. The van der Waals surface area contributed by atoms with Crippen LogP contribution in [0.5, 0.6) is 0 Å². The van der Waals surface area contributed by atoms with Crippen molar-refractivity contribution in [1.29, 1.82) is 0 Å². The van der Waals surface area contributed by atoms with Crippen LogP contribution in [-0.2, 0) is 24.8 Å². The monoisotopic (exact) mass is 359 g/mol. The number of amides is 1. The number of imidazole rings is 1. The van der Waals surface area contributed by atoms with Crippen molar-refractivity contribution in [3.05, 3.63) is 78.4 Å². The van der Waals surface area contributed by atoms with E-state index in [1.165, 1.54) is 0 Å². The van der Waals surface area contributed by atoms with Gasteiger partial charge in [-0.3, -0.25) is 4.79 Å². The molecule has 0 bridgehead atoms. The van der Waals surface area contributed by atoms with E-state index in [1.54, 1.807) is 0 Å². The zero-order valence-electron chi connectivity index (χ0n) is 15.2. The predicted molar refractivity (Wildman–Crippen MR) is 104 cm³/mol. The standard InChI is InChI=1S/C21H21N5O/c1-25-19-10-6-5-9-18(19)24-20(25)14-22-21(27)12-11-16-13-23-26(15-16)17-7-3-2-4-8-17/h2-10,13,15H,11-12,14H2,1H3,(H,22,27). The van der Waals surface area contributed by atoms with Crippen molar-refractivity contribution < 1.29 is 4.79 Å². The number of aryl methyl sites for hydroxylation is 2. The number of hydrogen-bond donors (Lipinski definition) is 1. The molecule has 0 saturated heterocycles. The summed E-state index contributed by atoms with van der Waals surface area (Å²) in [6.45, 7) is 0.424. The Morgan fingerprint density at radius 2 is 1.85 bits per heavy atom. The lowest BCUT2D eigenvalue weighted by Crippen LogP contribution is -2.24. The number of hydrogen-bond acceptors (Lipinski definition) is 3. The minimum atomic E-state index is 0.00881. The molecular formula is C21H21N5O. The van der Waals surface area contributed by atoms with Gasteiger partial charge in [-0.1, -0.05) is 30.3 Å². The lowest BCUT2D eigenvalue weighted by Gasteiger charge is -2.05. The Labute approximate surface area is 157 Å². The predicted octanol–water partition coefficient (Wildman–Crippen LogP) is 3.01. The minimum Gasteiger partial charge on any atom is -0.349 e. The van der Waals surface area contributed by atoms with Crippen molar-refractivity contribution in [2.24, 2.45) is 7.05 Å². The fourth-order valence-corrected chi connectivity index (χ4v) is 3.09. The number of rotatable bonds is 6. The van der Waals surface area contributed by atoms with Crippen LogP contribution in [0.1, 0.15) is 17.8 Å². The molecule has 2 aromatic carbocycles. The van der Waals surface area contributed by atoms with Crippen LogP contribution in [0.25, 0.3) is 16.7 Å². The summed E-state index contributed by atoms with van der Waals surface area (Å²) in [7, 11) is 1.97. The molecule has 136 valence electrons. The van der Waals surface area contributed by atoms with E-state index in [4.69, 9.17) is 0 Å². The molecule has 4 rings (SSSR count). The first kappa shape index (κ1) is 17.0. The topological polar surface area (TPSA) is 64.7 Å². The Morgan fingerprint density at radius 1 is 1.07 bits per heavy atom. The Bertz CT molecular complexity index is 1060. The summed E-state index contributed by atoms with van der Waals surface area (Å²) in [6, 6.07) is 17.9. The fraction of sp³-hybridized carbons (Fsp3) is 0.190. The number of nitrogens with one attached hydrogen (secondary N) is 1. The second-order valence-electron chi connectivity index (χ2n) is 6.48. The van der Waals surface area contributed by atoms with Gasteiger partial charge in [0, 0.05) is 19.7 Å². The van der Waals surface area contributed by atoms with Crippen LogP contribution in [-0.4, -0.2) is 25.2 Å². The number of fused-ring (bicyclic) bond motifs is 1. The quantitative estimate of drug-likeness (QED) is 0.576. The lowest BCUT2D eigenvalue weighted by molar-refractivity contribution is -0.121. The first-order valence-electron chi connectivity index (χ1n) is 8.97. The maximum absolute atomic E-state index is 12.2. The Kier molecular flexibility index (Phi) is 4.70. The number of benzene rings is 2. The van der Waals surface area contributed by atoms with Crippen LogP contribution in [0, 0.1) is 0 Å². The van der Waals surface area contributed by atoms with Crippen molar-refractivity contribution in [2.45, 2.75) is 19.4 Å². The molecule has 0 radical (unpaired) electrons. The van der Waals surface area contributed by atoms with E-state index in [2.05, 4.69) is 15.4 Å². The highest BCUT2D eigenvalue weighted by atomic mass is 16.1. The third kappa shape index (κ3) is 3.74. The molecular weight excluding hydrogens is 338 g/mol. The van der Waals surface area contributed by atoms with E-state index in [-0.39, 0.29) is 5.91 Å². The van der Waals surface area contributed by atoms with E-state index in [0.29, 0.717) is 19.4 Å². The maximum Gasteiger partial charge on any atom is 0.220 e. The average molecular weight is 359 g/mol. The van der Waals surface area contributed by atoms with Crippen LogP contribution in [0.2, 0.25) is 0 Å². The molecule has 6 nitrogen and oxygen atoms in total. The maximum atomic E-state index is 12.2. The van der Waals surface area contributed by atoms with Gasteiger partial charge in [0.05, 0.1) is 29.5 Å². The molecule has 0 fully saturated rings. The number of para-hydroxylation sites is 3. The van der Waals surface area contributed by atoms with Crippen LogP contribution in [0.3, 0.4) is 0 Å². The van der Waals surface area contributed by atoms with E-state index in [1.807, 2.05) is 83.3 Å². The molecule has 2 aromatic heterocycles. The molecule has 0 aliphatic heterocycles. The van der Waals surface area contributed by atoms with Gasteiger partial charge in [0.2, 0.25) is 5.91 Å². The third-order valence-corrected chi connectivity index (χ3v) is 4.62. The van der Waals surface area contributed by atoms with Gasteiger partial charge in [-0.25, -0.2) is 9.67 Å². The molecule has 0 aliphatic rings. The highest BCUT2D eigenvalue weighted by molar-refractivity contribution is 5.77. The number of nitrogens with zero attached hydrogens (tertiary/aromatic N) is 4. The normalized spacial score (nSPS) is 11.0. The van der Waals surface area contributed by atoms with Crippen LogP contribution >= 0.6 is 0 Å². The molecule has 0 saturated carbocycles. The third-order valence-electron chi connectivity index (χ3n) is 4.62. The molecule has 2 heterocycles. The molecule has 4 aromatic rings. The Balaban J connectivity index is 1.32. The largest absolute Gasteiger partial charge is 0.349 e. The number of carbonyl (C=O) groups is 1. The summed E-state index contributed by atoms with van der Waals surface area (Å²) in [5.41, 5.74) is 4.06. The SMILES string of the molecule is Cn1c(CNC(=O)CCc2cnn(-c3ccccc3)c2)nc2ccccc21. The molecule has 6 heteroatoms. The molecule has 0 atom stereocenters. The zero-order chi connectivity index (χ0) is 18.6. The highest BCUT2D eigenvalue weighted by Gasteiger charge is 2.09. The van der Waals surface area contributed by atoms with Crippen LogP contribution < -0.4 is 5.32 Å². The second-order valence-corrected chi connectivity index (χ2v) is 6.48. The summed E-state index contributed by atoms with van der Waals surface area (Å²) in [4.78, 5) is 16.8. The molecule has 1 N–H and O–H groups in total. The Morgan fingerprint density at radius 3 is 2.67 bits per heavy atom. The minimum absolute atomic E-state index is 0.00881. The smallest absolute Gasteiger partial charge is 0.220 e. The Hall–Kier alpha value is -3.41. The van der Waals surface area contributed by atoms with Gasteiger partial charge in [-0.2, -0.15) is 5.10 Å². The number of carbonyl (C=O) groups excluding carboxylic acids is 1. The van der Waals surface area contributed by atoms with Gasteiger partial charge in [0.15, 0.2) is 0 Å². The van der Waals surface area contributed by atoms with Crippen LogP contribution in [0.15, 0.2) is 67.0 Å². The first-order valence-corrected chi connectivity index (χ1v) is 8.97. The summed E-state index contributed by atoms with van der Waals surface area (Å²) in [5.74, 6) is 0.857. The second kappa shape index (κ2) is 7.45.